The minimum atomic E-state index is -2.06. The number of halogens is 1. The summed E-state index contributed by atoms with van der Waals surface area (Å²) in [5.41, 5.74) is -1.05. The van der Waals surface area contributed by atoms with Crippen LogP contribution in [0.1, 0.15) is 47.2 Å². The molecular weight excluding hydrogens is 630 g/mol. The van der Waals surface area contributed by atoms with E-state index in [1.165, 1.54) is 45.6 Å². The van der Waals surface area contributed by atoms with Crippen molar-refractivity contribution in [1.82, 2.24) is 5.32 Å². The predicted molar refractivity (Wildman–Crippen MR) is 172 cm³/mol. The number of ketones is 2. The number of Topliss-reactive ketones (excluding diaryl/α,β-unsaturated/α-hetero) is 2. The van der Waals surface area contributed by atoms with Gasteiger partial charge in [0.25, 0.3) is 0 Å². The van der Waals surface area contributed by atoms with Crippen molar-refractivity contribution in [3.8, 4) is 28.7 Å². The van der Waals surface area contributed by atoms with Crippen molar-refractivity contribution in [3.05, 3.63) is 87.6 Å². The Hall–Kier alpha value is -4.74. The zero-order valence-electron chi connectivity index (χ0n) is 26.3. The van der Waals surface area contributed by atoms with E-state index >= 15 is 0 Å². The third kappa shape index (κ3) is 5.96. The quantitative estimate of drug-likeness (QED) is 0.226. The summed E-state index contributed by atoms with van der Waals surface area (Å²) >= 11 is 6.57. The number of hydrogen-bond acceptors (Lipinski definition) is 10. The zero-order valence-corrected chi connectivity index (χ0v) is 27.1. The van der Waals surface area contributed by atoms with Gasteiger partial charge in [-0.15, -0.1) is 0 Å². The van der Waals surface area contributed by atoms with Crippen molar-refractivity contribution in [2.45, 2.75) is 43.7 Å². The highest BCUT2D eigenvalue weighted by Gasteiger charge is 2.61. The molecule has 248 valence electrons. The van der Waals surface area contributed by atoms with Gasteiger partial charge >= 0.3 is 0 Å². The number of allylic oxidation sites excluding steroid dienone is 1. The number of carbonyl (C=O) groups is 3. The number of phenolic OH excluding ortho intramolecular Hbond substituents is 1. The molecule has 1 aliphatic heterocycles. The maximum Gasteiger partial charge on any atom is 0.231 e. The number of benzene rings is 3. The maximum absolute atomic E-state index is 14.3. The Morgan fingerprint density at radius 2 is 1.70 bits per heavy atom. The standard InChI is InChI=1S/C35H36ClNO10/c1-18-12-24(40)29(33(42)35(18)34(43)30-26(45-3)16-27(46-4)31(36)32(30)47-35)22(20-10-11-23(39)25(14-20)44-2)15-28(41)37-21(17-38)13-19-8-6-5-7-9-19/h5-11,14,16,18,21-22,38-39,42H,12-13,15,17H2,1-4H3,(H,37,41). The molecule has 0 saturated carbocycles. The van der Waals surface area contributed by atoms with E-state index in [9.17, 15) is 29.7 Å². The normalized spacial score (nSPS) is 20.0. The molecule has 0 fully saturated rings. The molecule has 3 aromatic rings. The lowest BCUT2D eigenvalue weighted by molar-refractivity contribution is -0.122. The summed E-state index contributed by atoms with van der Waals surface area (Å²) in [7, 11) is 4.10. The zero-order chi connectivity index (χ0) is 34.0. The molecule has 5 rings (SSSR count). The number of rotatable bonds is 11. The van der Waals surface area contributed by atoms with Gasteiger partial charge in [-0.2, -0.15) is 0 Å². The average molecular weight is 666 g/mol. The number of fused-ring (bicyclic) bond motifs is 1. The van der Waals surface area contributed by atoms with Gasteiger partial charge in [0.05, 0.1) is 34.0 Å². The number of methoxy groups -OCH3 is 3. The van der Waals surface area contributed by atoms with Crippen LogP contribution in [0.5, 0.6) is 28.7 Å². The molecule has 1 aliphatic carbocycles. The van der Waals surface area contributed by atoms with Crippen molar-refractivity contribution >= 4 is 29.1 Å². The number of carbonyl (C=O) groups excluding carboxylic acids is 3. The SMILES string of the molecule is COc1cc(C(CC(=O)NC(CO)Cc2ccccc2)C2=C(O)C3(Oc4c(Cl)c(OC)cc(OC)c4C3=O)C(C)CC2=O)ccc1O. The summed E-state index contributed by atoms with van der Waals surface area (Å²) in [6.07, 6.45) is -0.231. The van der Waals surface area contributed by atoms with E-state index in [0.29, 0.717) is 12.0 Å². The predicted octanol–water partition coefficient (Wildman–Crippen LogP) is 4.70. The molecule has 0 bridgehead atoms. The second kappa shape index (κ2) is 13.5. The lowest BCUT2D eigenvalue weighted by Crippen LogP contribution is -2.53. The Labute approximate surface area is 276 Å². The highest BCUT2D eigenvalue weighted by molar-refractivity contribution is 6.35. The van der Waals surface area contributed by atoms with Crippen LogP contribution in [0.2, 0.25) is 5.02 Å². The van der Waals surface area contributed by atoms with Gasteiger partial charge in [0.15, 0.2) is 28.8 Å². The van der Waals surface area contributed by atoms with E-state index in [1.807, 2.05) is 30.3 Å². The number of nitrogens with one attached hydrogen (secondary N) is 1. The van der Waals surface area contributed by atoms with Gasteiger partial charge in [0.2, 0.25) is 17.3 Å². The Morgan fingerprint density at radius 3 is 2.34 bits per heavy atom. The van der Waals surface area contributed by atoms with E-state index < -0.39 is 46.7 Å². The number of aromatic hydroxyl groups is 1. The second-order valence-corrected chi connectivity index (χ2v) is 12.0. The van der Waals surface area contributed by atoms with E-state index in [0.717, 1.165) is 5.56 Å². The number of amides is 1. The molecule has 3 aromatic carbocycles. The average Bonchev–Trinajstić information content (AvgIpc) is 3.38. The summed E-state index contributed by atoms with van der Waals surface area (Å²) in [5, 5.41) is 35.2. The highest BCUT2D eigenvalue weighted by Crippen LogP contribution is 2.56. The smallest absolute Gasteiger partial charge is 0.231 e. The molecule has 1 spiro atoms. The van der Waals surface area contributed by atoms with E-state index in [4.69, 9.17) is 30.5 Å². The molecular formula is C35H36ClNO10. The van der Waals surface area contributed by atoms with Crippen LogP contribution in [0.25, 0.3) is 0 Å². The first-order valence-electron chi connectivity index (χ1n) is 15.0. The Kier molecular flexibility index (Phi) is 9.69. The number of phenols is 1. The molecule has 1 amide bonds. The lowest BCUT2D eigenvalue weighted by Gasteiger charge is -2.38. The fraction of sp³-hybridized carbons (Fsp3) is 0.343. The van der Waals surface area contributed by atoms with Gasteiger partial charge in [-0.3, -0.25) is 14.4 Å². The summed E-state index contributed by atoms with van der Waals surface area (Å²) in [6.45, 7) is 1.26. The second-order valence-electron chi connectivity index (χ2n) is 11.6. The van der Waals surface area contributed by atoms with Gasteiger partial charge in [0, 0.05) is 36.3 Å². The van der Waals surface area contributed by atoms with E-state index in [2.05, 4.69) is 5.32 Å². The van der Waals surface area contributed by atoms with Crippen LogP contribution in [-0.4, -0.2) is 72.4 Å². The van der Waals surface area contributed by atoms with Crippen LogP contribution >= 0.6 is 11.6 Å². The highest BCUT2D eigenvalue weighted by atomic mass is 35.5. The molecule has 11 nitrogen and oxygen atoms in total. The molecule has 4 atom stereocenters. The minimum Gasteiger partial charge on any atom is -0.507 e. The Bertz CT molecular complexity index is 1740. The van der Waals surface area contributed by atoms with Crippen molar-refractivity contribution in [2.75, 3.05) is 27.9 Å². The third-order valence-corrected chi connectivity index (χ3v) is 9.12. The van der Waals surface area contributed by atoms with Gasteiger partial charge < -0.3 is 39.6 Å². The molecule has 12 heteroatoms. The maximum atomic E-state index is 14.3. The molecule has 2 aliphatic rings. The fourth-order valence-electron chi connectivity index (χ4n) is 6.37. The topological polar surface area (TPSA) is 161 Å². The molecule has 47 heavy (non-hydrogen) atoms. The summed E-state index contributed by atoms with van der Waals surface area (Å²) in [6, 6.07) is 14.4. The van der Waals surface area contributed by atoms with Gasteiger partial charge in [-0.1, -0.05) is 54.9 Å². The fourth-order valence-corrected chi connectivity index (χ4v) is 6.63. The number of aliphatic hydroxyl groups is 2. The van der Waals surface area contributed by atoms with Gasteiger partial charge in [0.1, 0.15) is 22.1 Å². The van der Waals surface area contributed by atoms with Crippen molar-refractivity contribution in [1.29, 1.82) is 0 Å². The van der Waals surface area contributed by atoms with Crippen LogP contribution in [0.3, 0.4) is 0 Å². The number of aliphatic hydroxyl groups excluding tert-OH is 2. The Balaban J connectivity index is 1.61. The summed E-state index contributed by atoms with van der Waals surface area (Å²) < 4.78 is 22.4. The molecule has 4 unspecified atom stereocenters. The van der Waals surface area contributed by atoms with Gasteiger partial charge in [-0.05, 0) is 29.7 Å². The molecule has 4 N–H and O–H groups in total. The minimum absolute atomic E-state index is 0.0142. The first-order chi connectivity index (χ1) is 22.5. The molecule has 1 heterocycles. The monoisotopic (exact) mass is 665 g/mol. The molecule has 0 radical (unpaired) electrons. The number of ether oxygens (including phenoxy) is 4. The summed E-state index contributed by atoms with van der Waals surface area (Å²) in [5.74, 6) is -4.22. The van der Waals surface area contributed by atoms with Crippen LogP contribution in [0.4, 0.5) is 0 Å². The summed E-state index contributed by atoms with van der Waals surface area (Å²) in [4.78, 5) is 41.8. The van der Waals surface area contributed by atoms with Crippen molar-refractivity contribution < 1.29 is 48.7 Å². The Morgan fingerprint density at radius 1 is 1.02 bits per heavy atom. The first kappa shape index (κ1) is 33.6. The van der Waals surface area contributed by atoms with E-state index in [1.54, 1.807) is 6.92 Å². The third-order valence-electron chi connectivity index (χ3n) is 8.77. The van der Waals surface area contributed by atoms with Crippen molar-refractivity contribution in [2.24, 2.45) is 5.92 Å². The van der Waals surface area contributed by atoms with Crippen LogP contribution in [0.15, 0.2) is 65.9 Å². The largest absolute Gasteiger partial charge is 0.507 e. The molecule has 0 aromatic heterocycles. The van der Waals surface area contributed by atoms with Crippen LogP contribution in [0, 0.1) is 5.92 Å². The van der Waals surface area contributed by atoms with Gasteiger partial charge in [-0.25, -0.2) is 0 Å². The molecule has 0 saturated heterocycles. The van der Waals surface area contributed by atoms with Crippen LogP contribution in [-0.2, 0) is 16.0 Å². The van der Waals surface area contributed by atoms with Crippen molar-refractivity contribution in [3.63, 3.8) is 0 Å². The van der Waals surface area contributed by atoms with E-state index in [-0.39, 0.29) is 64.4 Å². The number of hydrogen-bond donors (Lipinski definition) is 4. The lowest BCUT2D eigenvalue weighted by atomic mass is 9.69. The van der Waals surface area contributed by atoms with Crippen LogP contribution < -0.4 is 24.3 Å². The first-order valence-corrected chi connectivity index (χ1v) is 15.3.